The Morgan fingerprint density at radius 1 is 1.06 bits per heavy atom. The maximum Gasteiger partial charge on any atom is 0.128 e. The summed E-state index contributed by atoms with van der Waals surface area (Å²) in [5.41, 5.74) is 0.637. The molecule has 94 valence electrons. The molecule has 0 heterocycles. The van der Waals surface area contributed by atoms with Crippen molar-refractivity contribution in [3.05, 3.63) is 63.1 Å². The fourth-order valence-electron chi connectivity index (χ4n) is 1.41. The van der Waals surface area contributed by atoms with Crippen molar-refractivity contribution in [3.8, 4) is 5.75 Å². The van der Waals surface area contributed by atoms with Crippen molar-refractivity contribution in [1.29, 1.82) is 0 Å². The first-order valence-corrected chi connectivity index (χ1v) is 6.24. The summed E-state index contributed by atoms with van der Waals surface area (Å²) in [7, 11) is 0. The average Bonchev–Trinajstić information content (AvgIpc) is 2.26. The minimum absolute atomic E-state index is 0.148. The summed E-state index contributed by atoms with van der Waals surface area (Å²) in [6, 6.07) is 8.28. The van der Waals surface area contributed by atoms with E-state index < -0.39 is 11.6 Å². The molecule has 2 aromatic carbocycles. The topological polar surface area (TPSA) is 9.23 Å². The molecular weight excluding hydrogens is 325 g/mol. The van der Waals surface area contributed by atoms with Gasteiger partial charge in [0.05, 0.1) is 5.02 Å². The van der Waals surface area contributed by atoms with Crippen LogP contribution in [0.3, 0.4) is 0 Å². The van der Waals surface area contributed by atoms with Crippen molar-refractivity contribution in [2.24, 2.45) is 0 Å². The summed E-state index contributed by atoms with van der Waals surface area (Å²) < 4.78 is 31.9. The van der Waals surface area contributed by atoms with E-state index in [9.17, 15) is 8.78 Å². The molecule has 0 radical (unpaired) electrons. The van der Waals surface area contributed by atoms with Gasteiger partial charge in [-0.2, -0.15) is 0 Å². The minimum Gasteiger partial charge on any atom is -0.489 e. The van der Waals surface area contributed by atoms with E-state index in [1.54, 1.807) is 6.07 Å². The molecule has 0 aromatic heterocycles. The summed E-state index contributed by atoms with van der Waals surface area (Å²) >= 11 is 9.02. The first-order chi connectivity index (χ1) is 8.54. The fourth-order valence-corrected chi connectivity index (χ4v) is 2.08. The summed E-state index contributed by atoms with van der Waals surface area (Å²) in [6.45, 7) is 0.148. The maximum atomic E-state index is 13.1. The van der Waals surface area contributed by atoms with Gasteiger partial charge in [-0.05, 0) is 24.3 Å². The predicted molar refractivity (Wildman–Crippen MR) is 69.8 cm³/mol. The molecule has 0 aliphatic rings. The molecular formula is C13H8BrClF2O. The van der Waals surface area contributed by atoms with Gasteiger partial charge in [0, 0.05) is 16.1 Å². The Labute approximate surface area is 116 Å². The highest BCUT2D eigenvalue weighted by atomic mass is 79.9. The number of halogens is 4. The molecule has 0 aliphatic carbocycles. The smallest absolute Gasteiger partial charge is 0.128 e. The molecule has 0 unspecified atom stereocenters. The molecule has 0 fully saturated rings. The standard InChI is InChI=1S/C13H8BrClF2O/c14-9-3-11(17)5-12(4-9)18-7-8-1-2-10(16)6-13(8)15/h1-6H,7H2. The number of rotatable bonds is 3. The molecule has 0 spiro atoms. The van der Waals surface area contributed by atoms with Gasteiger partial charge in [-0.3, -0.25) is 0 Å². The molecule has 0 bridgehead atoms. The highest BCUT2D eigenvalue weighted by molar-refractivity contribution is 9.10. The van der Waals surface area contributed by atoms with Gasteiger partial charge in [0.15, 0.2) is 0 Å². The van der Waals surface area contributed by atoms with Crippen LogP contribution in [0.4, 0.5) is 8.78 Å². The first kappa shape index (κ1) is 13.3. The summed E-state index contributed by atoms with van der Waals surface area (Å²) in [5.74, 6) is -0.427. The zero-order valence-electron chi connectivity index (χ0n) is 9.09. The van der Waals surface area contributed by atoms with E-state index in [1.165, 1.54) is 30.3 Å². The van der Waals surface area contributed by atoms with E-state index >= 15 is 0 Å². The molecule has 5 heteroatoms. The van der Waals surface area contributed by atoms with Crippen LogP contribution in [0.15, 0.2) is 40.9 Å². The summed E-state index contributed by atoms with van der Waals surface area (Å²) in [6.07, 6.45) is 0. The van der Waals surface area contributed by atoms with Crippen LogP contribution < -0.4 is 4.74 Å². The molecule has 18 heavy (non-hydrogen) atoms. The quantitative estimate of drug-likeness (QED) is 0.771. The van der Waals surface area contributed by atoms with E-state index in [1.807, 2.05) is 0 Å². The zero-order valence-corrected chi connectivity index (χ0v) is 11.4. The van der Waals surface area contributed by atoms with Gasteiger partial charge in [-0.1, -0.05) is 33.6 Å². The van der Waals surface area contributed by atoms with Crippen LogP contribution in [0.25, 0.3) is 0 Å². The third kappa shape index (κ3) is 3.43. The predicted octanol–water partition coefficient (Wildman–Crippen LogP) is 4.96. The van der Waals surface area contributed by atoms with E-state index in [-0.39, 0.29) is 11.6 Å². The van der Waals surface area contributed by atoms with Crippen LogP contribution in [-0.2, 0) is 6.61 Å². The lowest BCUT2D eigenvalue weighted by molar-refractivity contribution is 0.304. The Balaban J connectivity index is 2.11. The number of benzene rings is 2. The van der Waals surface area contributed by atoms with Gasteiger partial charge < -0.3 is 4.74 Å². The molecule has 0 N–H and O–H groups in total. The monoisotopic (exact) mass is 332 g/mol. The fraction of sp³-hybridized carbons (Fsp3) is 0.0769. The second-order valence-electron chi connectivity index (χ2n) is 3.63. The van der Waals surface area contributed by atoms with Crippen LogP contribution in [0, 0.1) is 11.6 Å². The molecule has 2 rings (SSSR count). The Morgan fingerprint density at radius 3 is 2.50 bits per heavy atom. The Hall–Kier alpha value is -1.13. The number of hydrogen-bond donors (Lipinski definition) is 0. The normalized spacial score (nSPS) is 10.4. The largest absolute Gasteiger partial charge is 0.489 e. The van der Waals surface area contributed by atoms with Gasteiger partial charge in [-0.25, -0.2) is 8.78 Å². The molecule has 2 aromatic rings. The molecule has 0 saturated heterocycles. The number of ether oxygens (including phenoxy) is 1. The Kier molecular flexibility index (Phi) is 4.19. The van der Waals surface area contributed by atoms with E-state index in [2.05, 4.69) is 15.9 Å². The van der Waals surface area contributed by atoms with Gasteiger partial charge in [-0.15, -0.1) is 0 Å². The second-order valence-corrected chi connectivity index (χ2v) is 4.95. The van der Waals surface area contributed by atoms with Crippen LogP contribution in [0.1, 0.15) is 5.56 Å². The van der Waals surface area contributed by atoms with E-state index in [0.717, 1.165) is 0 Å². The SMILES string of the molecule is Fc1cc(Br)cc(OCc2ccc(F)cc2Cl)c1. The van der Waals surface area contributed by atoms with Crippen LogP contribution in [0.5, 0.6) is 5.75 Å². The van der Waals surface area contributed by atoms with Crippen molar-refractivity contribution in [2.75, 3.05) is 0 Å². The first-order valence-electron chi connectivity index (χ1n) is 5.07. The lowest BCUT2D eigenvalue weighted by Gasteiger charge is -2.08. The third-order valence-electron chi connectivity index (χ3n) is 2.25. The van der Waals surface area contributed by atoms with E-state index in [4.69, 9.17) is 16.3 Å². The highest BCUT2D eigenvalue weighted by Crippen LogP contribution is 2.23. The van der Waals surface area contributed by atoms with Gasteiger partial charge >= 0.3 is 0 Å². The minimum atomic E-state index is -0.405. The van der Waals surface area contributed by atoms with Crippen LogP contribution in [0.2, 0.25) is 5.02 Å². The molecule has 1 nitrogen and oxygen atoms in total. The average molecular weight is 334 g/mol. The van der Waals surface area contributed by atoms with Gasteiger partial charge in [0.25, 0.3) is 0 Å². The van der Waals surface area contributed by atoms with Crippen LogP contribution >= 0.6 is 27.5 Å². The second kappa shape index (κ2) is 5.67. The van der Waals surface area contributed by atoms with Crippen molar-refractivity contribution in [3.63, 3.8) is 0 Å². The van der Waals surface area contributed by atoms with Crippen molar-refractivity contribution in [2.45, 2.75) is 6.61 Å². The van der Waals surface area contributed by atoms with E-state index in [0.29, 0.717) is 15.8 Å². The lowest BCUT2D eigenvalue weighted by Crippen LogP contribution is -1.97. The molecule has 0 aliphatic heterocycles. The van der Waals surface area contributed by atoms with Crippen LogP contribution in [-0.4, -0.2) is 0 Å². The Morgan fingerprint density at radius 2 is 1.83 bits per heavy atom. The summed E-state index contributed by atoms with van der Waals surface area (Å²) in [5, 5.41) is 0.283. The molecule has 0 saturated carbocycles. The molecule has 0 atom stereocenters. The van der Waals surface area contributed by atoms with Gasteiger partial charge in [0.1, 0.15) is 24.0 Å². The van der Waals surface area contributed by atoms with Gasteiger partial charge in [0.2, 0.25) is 0 Å². The van der Waals surface area contributed by atoms with Crippen molar-refractivity contribution < 1.29 is 13.5 Å². The Bertz CT molecular complexity index is 555. The number of hydrogen-bond acceptors (Lipinski definition) is 1. The lowest BCUT2D eigenvalue weighted by atomic mass is 10.2. The third-order valence-corrected chi connectivity index (χ3v) is 3.06. The molecule has 0 amide bonds. The highest BCUT2D eigenvalue weighted by Gasteiger charge is 2.04. The van der Waals surface area contributed by atoms with Crippen molar-refractivity contribution >= 4 is 27.5 Å². The maximum absolute atomic E-state index is 13.1. The van der Waals surface area contributed by atoms with Crippen molar-refractivity contribution in [1.82, 2.24) is 0 Å². The summed E-state index contributed by atoms with van der Waals surface area (Å²) in [4.78, 5) is 0. The zero-order chi connectivity index (χ0) is 13.1.